The van der Waals surface area contributed by atoms with Crippen molar-refractivity contribution in [1.82, 2.24) is 9.80 Å². The van der Waals surface area contributed by atoms with Crippen LogP contribution in [0.2, 0.25) is 0 Å². The molecule has 1 aliphatic rings. The molecule has 0 amide bonds. The van der Waals surface area contributed by atoms with E-state index in [0.717, 1.165) is 6.08 Å². The number of likely N-dealkylation sites (N-methyl/N-ethyl adjacent to an activating group) is 1. The average molecular weight is 196 g/mol. The van der Waals surface area contributed by atoms with Gasteiger partial charge in [-0.15, -0.1) is 0 Å². The normalized spacial score (nSPS) is 18.8. The summed E-state index contributed by atoms with van der Waals surface area (Å²) in [4.78, 5) is 25.1. The Labute approximate surface area is 81.9 Å². The maximum atomic E-state index is 11.4. The minimum Gasteiger partial charge on any atom is -0.478 e. The van der Waals surface area contributed by atoms with E-state index in [0.29, 0.717) is 5.82 Å². The molecular weight excluding hydrogens is 184 g/mol. The molecule has 0 saturated heterocycles. The first kappa shape index (κ1) is 10.3. The molecule has 76 valence electrons. The fourth-order valence-electron chi connectivity index (χ4n) is 1.29. The highest BCUT2D eigenvalue weighted by Crippen LogP contribution is 2.21. The second-order valence-corrected chi connectivity index (χ2v) is 3.19. The lowest BCUT2D eigenvalue weighted by Gasteiger charge is -2.23. The second kappa shape index (κ2) is 3.53. The molecule has 1 rings (SSSR count). The van der Waals surface area contributed by atoms with E-state index in [1.165, 1.54) is 6.08 Å². The summed E-state index contributed by atoms with van der Waals surface area (Å²) < 4.78 is 0. The highest BCUT2D eigenvalue weighted by Gasteiger charge is 2.25. The molecular formula is C9H12N2O3. The number of carbonyl (C=O) groups is 2. The summed E-state index contributed by atoms with van der Waals surface area (Å²) in [5, 5.41) is 8.54. The van der Waals surface area contributed by atoms with Crippen molar-refractivity contribution in [3.05, 3.63) is 23.7 Å². The zero-order chi connectivity index (χ0) is 10.9. The maximum Gasteiger partial charge on any atom is 0.330 e. The number of hydrogen-bond acceptors (Lipinski definition) is 4. The largest absolute Gasteiger partial charge is 0.478 e. The summed E-state index contributed by atoms with van der Waals surface area (Å²) >= 11 is 0. The zero-order valence-electron chi connectivity index (χ0n) is 8.31. The number of carboxylic acids is 1. The van der Waals surface area contributed by atoms with Crippen LogP contribution in [0.4, 0.5) is 0 Å². The van der Waals surface area contributed by atoms with E-state index in [1.807, 2.05) is 0 Å². The Morgan fingerprint density at radius 2 is 2.14 bits per heavy atom. The first-order valence-electron chi connectivity index (χ1n) is 4.05. The van der Waals surface area contributed by atoms with Gasteiger partial charge in [-0.3, -0.25) is 4.79 Å². The van der Waals surface area contributed by atoms with Crippen LogP contribution in [0, 0.1) is 0 Å². The maximum absolute atomic E-state index is 11.4. The lowest BCUT2D eigenvalue weighted by molar-refractivity contribution is -0.131. The van der Waals surface area contributed by atoms with Crippen LogP contribution < -0.4 is 0 Å². The number of allylic oxidation sites excluding steroid dienone is 1. The monoisotopic (exact) mass is 196 g/mol. The van der Waals surface area contributed by atoms with Crippen molar-refractivity contribution in [2.24, 2.45) is 0 Å². The number of aliphatic carboxylic acids is 1. The van der Waals surface area contributed by atoms with E-state index in [-0.39, 0.29) is 11.5 Å². The first-order valence-corrected chi connectivity index (χ1v) is 4.05. The molecule has 0 atom stereocenters. The Kier molecular flexibility index (Phi) is 2.60. The SMILES string of the molecule is CN(C)C1=CC(=O)/C(=C/C(=O)O)N1C. The molecule has 0 saturated carbocycles. The second-order valence-electron chi connectivity index (χ2n) is 3.19. The highest BCUT2D eigenvalue weighted by molar-refractivity contribution is 6.09. The van der Waals surface area contributed by atoms with Gasteiger partial charge in [0.15, 0.2) is 0 Å². The van der Waals surface area contributed by atoms with Crippen LogP contribution in [0.5, 0.6) is 0 Å². The van der Waals surface area contributed by atoms with Gasteiger partial charge in [0.05, 0.1) is 11.8 Å². The molecule has 0 unspecified atom stereocenters. The van der Waals surface area contributed by atoms with Crippen molar-refractivity contribution in [3.8, 4) is 0 Å². The molecule has 0 aromatic rings. The van der Waals surface area contributed by atoms with Gasteiger partial charge in [0.2, 0.25) is 5.78 Å². The van der Waals surface area contributed by atoms with Crippen molar-refractivity contribution in [1.29, 1.82) is 0 Å². The van der Waals surface area contributed by atoms with Gasteiger partial charge in [-0.25, -0.2) is 4.79 Å². The molecule has 0 aromatic carbocycles. The molecule has 0 aromatic heterocycles. The Morgan fingerprint density at radius 3 is 2.50 bits per heavy atom. The molecule has 1 heterocycles. The van der Waals surface area contributed by atoms with E-state index < -0.39 is 5.97 Å². The van der Waals surface area contributed by atoms with Gasteiger partial charge in [0.1, 0.15) is 5.82 Å². The van der Waals surface area contributed by atoms with Gasteiger partial charge in [0.25, 0.3) is 0 Å². The predicted molar refractivity (Wildman–Crippen MR) is 50.3 cm³/mol. The van der Waals surface area contributed by atoms with E-state index in [9.17, 15) is 9.59 Å². The van der Waals surface area contributed by atoms with Crippen LogP contribution in [-0.2, 0) is 9.59 Å². The molecule has 14 heavy (non-hydrogen) atoms. The number of carbonyl (C=O) groups excluding carboxylic acids is 1. The lowest BCUT2D eigenvalue weighted by Crippen LogP contribution is -2.24. The fraction of sp³-hybridized carbons (Fsp3) is 0.333. The van der Waals surface area contributed by atoms with Crippen LogP contribution in [0.25, 0.3) is 0 Å². The standard InChI is InChI=1S/C9H12N2O3/c1-10(2)8-5-7(12)6(11(8)3)4-9(13)14/h4-5H,1-3H3,(H,13,14)/b6-4-. The van der Waals surface area contributed by atoms with E-state index in [1.54, 1.807) is 30.9 Å². The van der Waals surface area contributed by atoms with Crippen LogP contribution in [0.15, 0.2) is 23.7 Å². The zero-order valence-corrected chi connectivity index (χ0v) is 8.31. The molecule has 0 radical (unpaired) electrons. The minimum absolute atomic E-state index is 0.182. The molecule has 0 aliphatic carbocycles. The van der Waals surface area contributed by atoms with Gasteiger partial charge in [-0.2, -0.15) is 0 Å². The lowest BCUT2D eigenvalue weighted by atomic mass is 10.3. The van der Waals surface area contributed by atoms with Gasteiger partial charge in [-0.05, 0) is 0 Å². The Bertz CT molecular complexity index is 342. The fourth-order valence-corrected chi connectivity index (χ4v) is 1.29. The Balaban J connectivity index is 3.00. The van der Waals surface area contributed by atoms with Crippen LogP contribution in [0.1, 0.15) is 0 Å². The highest BCUT2D eigenvalue weighted by atomic mass is 16.4. The Hall–Kier alpha value is -1.78. The minimum atomic E-state index is -1.12. The van der Waals surface area contributed by atoms with Crippen molar-refractivity contribution >= 4 is 11.8 Å². The van der Waals surface area contributed by atoms with Crippen molar-refractivity contribution < 1.29 is 14.7 Å². The predicted octanol–water partition coefficient (Wildman–Crippen LogP) is -0.128. The summed E-state index contributed by atoms with van der Waals surface area (Å²) in [6.07, 6.45) is 2.32. The summed E-state index contributed by atoms with van der Waals surface area (Å²) in [7, 11) is 5.24. The number of rotatable bonds is 2. The molecule has 1 N–H and O–H groups in total. The van der Waals surface area contributed by atoms with Crippen LogP contribution in [0.3, 0.4) is 0 Å². The average Bonchev–Trinajstić information content (AvgIpc) is 2.31. The van der Waals surface area contributed by atoms with Crippen LogP contribution in [-0.4, -0.2) is 47.8 Å². The molecule has 0 spiro atoms. The third-order valence-electron chi connectivity index (χ3n) is 1.94. The molecule has 0 bridgehead atoms. The van der Waals surface area contributed by atoms with Gasteiger partial charge >= 0.3 is 5.97 Å². The number of ketones is 1. The van der Waals surface area contributed by atoms with Gasteiger partial charge < -0.3 is 14.9 Å². The molecule has 5 heteroatoms. The van der Waals surface area contributed by atoms with E-state index in [4.69, 9.17) is 5.11 Å². The topological polar surface area (TPSA) is 60.9 Å². The smallest absolute Gasteiger partial charge is 0.330 e. The first-order chi connectivity index (χ1) is 6.43. The third kappa shape index (κ3) is 1.76. The summed E-state index contributed by atoms with van der Waals surface area (Å²) in [6, 6.07) is 0. The van der Waals surface area contributed by atoms with Gasteiger partial charge in [0, 0.05) is 27.2 Å². The van der Waals surface area contributed by atoms with Crippen LogP contribution >= 0.6 is 0 Å². The molecule has 1 aliphatic heterocycles. The Morgan fingerprint density at radius 1 is 1.57 bits per heavy atom. The quantitative estimate of drug-likeness (QED) is 0.623. The van der Waals surface area contributed by atoms with Gasteiger partial charge in [-0.1, -0.05) is 0 Å². The molecule has 0 fully saturated rings. The third-order valence-corrected chi connectivity index (χ3v) is 1.94. The molecule has 5 nitrogen and oxygen atoms in total. The van der Waals surface area contributed by atoms with E-state index in [2.05, 4.69) is 0 Å². The number of hydrogen-bond donors (Lipinski definition) is 1. The van der Waals surface area contributed by atoms with Crippen molar-refractivity contribution in [2.75, 3.05) is 21.1 Å². The number of nitrogens with zero attached hydrogens (tertiary/aromatic N) is 2. The summed E-state index contributed by atoms with van der Waals surface area (Å²) in [6.45, 7) is 0. The van der Waals surface area contributed by atoms with Crippen molar-refractivity contribution in [2.45, 2.75) is 0 Å². The summed E-state index contributed by atoms with van der Waals surface area (Å²) in [5.41, 5.74) is 0.182. The number of carboxylic acid groups (broad SMARTS) is 1. The van der Waals surface area contributed by atoms with E-state index >= 15 is 0 Å². The summed E-state index contributed by atoms with van der Waals surface area (Å²) in [5.74, 6) is -0.713. The van der Waals surface area contributed by atoms with Crippen molar-refractivity contribution in [3.63, 3.8) is 0 Å².